The molecule has 0 spiro atoms. The van der Waals surface area contributed by atoms with Gasteiger partial charge in [-0.15, -0.1) is 0 Å². The fraction of sp³-hybridized carbons (Fsp3) is 0.185. The second-order valence-electron chi connectivity index (χ2n) is 7.85. The van der Waals surface area contributed by atoms with Gasteiger partial charge in [0.2, 0.25) is 0 Å². The Balaban J connectivity index is 1.95. The van der Waals surface area contributed by atoms with Crippen LogP contribution in [0.25, 0.3) is 5.76 Å². The van der Waals surface area contributed by atoms with Gasteiger partial charge in [-0.3, -0.25) is 14.5 Å². The molecule has 1 atom stereocenters. The topological polar surface area (TPSA) is 76.1 Å². The molecule has 36 heavy (non-hydrogen) atoms. The molecule has 9 heteroatoms. The van der Waals surface area contributed by atoms with Crippen LogP contribution in [0.3, 0.4) is 0 Å². The highest BCUT2D eigenvalue weighted by Gasteiger charge is 2.47. The highest BCUT2D eigenvalue weighted by molar-refractivity contribution is 6.51. The number of nitrogens with zero attached hydrogens (tertiary/aromatic N) is 1. The van der Waals surface area contributed by atoms with Gasteiger partial charge in [-0.25, -0.2) is 8.78 Å². The van der Waals surface area contributed by atoms with E-state index in [-0.39, 0.29) is 22.6 Å². The number of benzene rings is 3. The average molecular weight is 514 g/mol. The number of hydrogen-bond donors (Lipinski definition) is 1. The van der Waals surface area contributed by atoms with Crippen molar-refractivity contribution in [2.45, 2.75) is 19.9 Å². The lowest BCUT2D eigenvalue weighted by molar-refractivity contribution is -0.132. The Morgan fingerprint density at radius 1 is 0.972 bits per heavy atom. The largest absolute Gasteiger partial charge is 0.507 e. The summed E-state index contributed by atoms with van der Waals surface area (Å²) in [7, 11) is 0. The van der Waals surface area contributed by atoms with E-state index in [2.05, 4.69) is 0 Å². The maximum Gasteiger partial charge on any atom is 0.300 e. The molecule has 1 aliphatic heterocycles. The summed E-state index contributed by atoms with van der Waals surface area (Å²) >= 11 is 6.16. The minimum Gasteiger partial charge on any atom is -0.507 e. The monoisotopic (exact) mass is 513 g/mol. The van der Waals surface area contributed by atoms with Crippen molar-refractivity contribution >= 4 is 34.7 Å². The number of aliphatic hydroxyl groups is 1. The zero-order valence-corrected chi connectivity index (χ0v) is 20.2. The van der Waals surface area contributed by atoms with E-state index in [4.69, 9.17) is 21.1 Å². The summed E-state index contributed by atoms with van der Waals surface area (Å²) in [5.74, 6) is -4.00. The minimum absolute atomic E-state index is 0.0482. The van der Waals surface area contributed by atoms with E-state index < -0.39 is 35.1 Å². The Morgan fingerprint density at radius 2 is 1.72 bits per heavy atom. The molecular formula is C27H22ClF2NO5. The molecule has 1 amide bonds. The first-order valence-corrected chi connectivity index (χ1v) is 11.6. The normalized spacial score (nSPS) is 16.9. The quantitative estimate of drug-likeness (QED) is 0.237. The molecule has 0 aromatic heterocycles. The second kappa shape index (κ2) is 10.4. The molecule has 1 N–H and O–H groups in total. The lowest BCUT2D eigenvalue weighted by atomic mass is 9.95. The van der Waals surface area contributed by atoms with Crippen LogP contribution in [0.15, 0.2) is 66.2 Å². The molecule has 0 radical (unpaired) electrons. The van der Waals surface area contributed by atoms with Gasteiger partial charge in [0.05, 0.1) is 29.9 Å². The first kappa shape index (κ1) is 25.2. The molecule has 3 aromatic carbocycles. The Kier molecular flexibility index (Phi) is 7.26. The molecule has 186 valence electrons. The number of carbonyl (C=O) groups is 2. The molecule has 4 rings (SSSR count). The van der Waals surface area contributed by atoms with Crippen molar-refractivity contribution in [1.82, 2.24) is 0 Å². The number of anilines is 1. The number of hydrogen-bond acceptors (Lipinski definition) is 5. The number of Topliss-reactive ketones (excluding diaryl/α,β-unsaturated/α-hetero) is 1. The van der Waals surface area contributed by atoms with Crippen LogP contribution in [0.4, 0.5) is 14.5 Å². The smallest absolute Gasteiger partial charge is 0.300 e. The van der Waals surface area contributed by atoms with E-state index in [1.54, 1.807) is 38.1 Å². The Bertz CT molecular complexity index is 1370. The average Bonchev–Trinajstić information content (AvgIpc) is 3.13. The number of ketones is 1. The van der Waals surface area contributed by atoms with Crippen molar-refractivity contribution in [3.8, 4) is 11.5 Å². The summed E-state index contributed by atoms with van der Waals surface area (Å²) in [5, 5.41) is 11.6. The summed E-state index contributed by atoms with van der Waals surface area (Å²) < 4.78 is 38.8. The number of amides is 1. The first-order chi connectivity index (χ1) is 17.3. The Morgan fingerprint density at radius 3 is 2.42 bits per heavy atom. The SMILES string of the molecule is CCOc1cccc(C2/C(=C(\O)c3ccc(Cl)c(OCC)c3)C(=O)C(=O)N2c2ccc(F)c(F)c2)c1. The van der Waals surface area contributed by atoms with E-state index in [9.17, 15) is 23.5 Å². The van der Waals surface area contributed by atoms with E-state index >= 15 is 0 Å². The molecule has 1 fully saturated rings. The molecule has 1 saturated heterocycles. The van der Waals surface area contributed by atoms with Gasteiger partial charge in [-0.1, -0.05) is 23.7 Å². The molecule has 0 aliphatic carbocycles. The van der Waals surface area contributed by atoms with Crippen molar-refractivity contribution in [2.75, 3.05) is 18.1 Å². The first-order valence-electron chi connectivity index (χ1n) is 11.2. The van der Waals surface area contributed by atoms with Crippen molar-refractivity contribution < 1.29 is 33.0 Å². The van der Waals surface area contributed by atoms with E-state index in [0.717, 1.165) is 17.0 Å². The standard InChI is InChI=1S/C27H22ClF2NO5/c1-3-35-18-7-5-6-15(12-18)24-23(25(32)16-8-10-19(28)22(13-16)36-4-2)26(33)27(34)31(24)17-9-11-20(29)21(30)14-17/h5-14,24,32H,3-4H2,1-2H3/b25-23+. The molecule has 6 nitrogen and oxygen atoms in total. The van der Waals surface area contributed by atoms with Crippen molar-refractivity contribution in [2.24, 2.45) is 0 Å². The molecule has 0 bridgehead atoms. The van der Waals surface area contributed by atoms with Crippen LogP contribution in [0.2, 0.25) is 5.02 Å². The maximum atomic E-state index is 14.1. The summed E-state index contributed by atoms with van der Waals surface area (Å²) in [6, 6.07) is 12.8. The van der Waals surface area contributed by atoms with E-state index in [0.29, 0.717) is 29.5 Å². The van der Waals surface area contributed by atoms with Gasteiger partial charge < -0.3 is 14.6 Å². The van der Waals surface area contributed by atoms with Crippen LogP contribution in [-0.2, 0) is 9.59 Å². The van der Waals surface area contributed by atoms with Crippen molar-refractivity contribution in [1.29, 1.82) is 0 Å². The second-order valence-corrected chi connectivity index (χ2v) is 8.26. The molecule has 1 heterocycles. The summed E-state index contributed by atoms with van der Waals surface area (Å²) in [6.45, 7) is 4.25. The predicted octanol–water partition coefficient (Wildman–Crippen LogP) is 6.04. The molecule has 0 saturated carbocycles. The lowest BCUT2D eigenvalue weighted by Crippen LogP contribution is -2.29. The van der Waals surface area contributed by atoms with Crippen LogP contribution in [0.5, 0.6) is 11.5 Å². The van der Waals surface area contributed by atoms with Gasteiger partial charge in [-0.2, -0.15) is 0 Å². The van der Waals surface area contributed by atoms with Gasteiger partial charge >= 0.3 is 0 Å². The van der Waals surface area contributed by atoms with Crippen LogP contribution in [0, 0.1) is 11.6 Å². The number of rotatable bonds is 7. The van der Waals surface area contributed by atoms with Gasteiger partial charge in [0.1, 0.15) is 17.3 Å². The van der Waals surface area contributed by atoms with Gasteiger partial charge in [0.15, 0.2) is 11.6 Å². The fourth-order valence-corrected chi connectivity index (χ4v) is 4.23. The lowest BCUT2D eigenvalue weighted by Gasteiger charge is -2.26. The Labute approximate surface area is 211 Å². The van der Waals surface area contributed by atoms with Gasteiger partial charge in [-0.05, 0) is 61.9 Å². The van der Waals surface area contributed by atoms with Crippen LogP contribution >= 0.6 is 11.6 Å². The molecule has 1 aliphatic rings. The fourth-order valence-electron chi connectivity index (χ4n) is 4.06. The van der Waals surface area contributed by atoms with Gasteiger partial charge in [0.25, 0.3) is 11.7 Å². The van der Waals surface area contributed by atoms with Crippen LogP contribution in [-0.4, -0.2) is 30.0 Å². The van der Waals surface area contributed by atoms with Crippen LogP contribution in [0.1, 0.15) is 31.0 Å². The minimum atomic E-state index is -1.18. The Hall–Kier alpha value is -3.91. The third kappa shape index (κ3) is 4.64. The third-order valence-electron chi connectivity index (χ3n) is 5.62. The maximum absolute atomic E-state index is 14.1. The summed E-state index contributed by atoms with van der Waals surface area (Å²) in [4.78, 5) is 27.5. The zero-order chi connectivity index (χ0) is 26.0. The molecule has 1 unspecified atom stereocenters. The number of halogens is 3. The number of ether oxygens (including phenoxy) is 2. The van der Waals surface area contributed by atoms with Crippen LogP contribution < -0.4 is 14.4 Å². The van der Waals surface area contributed by atoms with E-state index in [1.807, 2.05) is 0 Å². The zero-order valence-electron chi connectivity index (χ0n) is 19.4. The summed E-state index contributed by atoms with van der Waals surface area (Å²) in [5.41, 5.74) is 0.332. The van der Waals surface area contributed by atoms with Gasteiger partial charge in [0, 0.05) is 17.3 Å². The molecule has 3 aromatic rings. The highest BCUT2D eigenvalue weighted by atomic mass is 35.5. The van der Waals surface area contributed by atoms with Crippen molar-refractivity contribution in [3.63, 3.8) is 0 Å². The number of aliphatic hydroxyl groups excluding tert-OH is 1. The summed E-state index contributed by atoms with van der Waals surface area (Å²) in [6.07, 6.45) is 0. The molecular weight excluding hydrogens is 492 g/mol. The van der Waals surface area contributed by atoms with E-state index in [1.165, 1.54) is 24.3 Å². The van der Waals surface area contributed by atoms with Crippen molar-refractivity contribution in [3.05, 3.63) is 94.0 Å². The highest BCUT2D eigenvalue weighted by Crippen LogP contribution is 2.43. The third-order valence-corrected chi connectivity index (χ3v) is 5.93. The predicted molar refractivity (Wildman–Crippen MR) is 131 cm³/mol. The number of carbonyl (C=O) groups excluding carboxylic acids is 2.